The minimum absolute atomic E-state index is 0.379. The number of carbonyl (C=O) groups excluding carboxylic acids is 1. The van der Waals surface area contributed by atoms with Gasteiger partial charge in [0.1, 0.15) is 0 Å². The Morgan fingerprint density at radius 3 is 2.35 bits per heavy atom. The molecule has 0 rings (SSSR count). The number of aliphatic carboxylic acids is 1. The molecule has 1 atom stereocenters. The van der Waals surface area contributed by atoms with Gasteiger partial charge in [-0.05, 0) is 20.9 Å². The van der Waals surface area contributed by atoms with Crippen molar-refractivity contribution < 1.29 is 19.8 Å². The van der Waals surface area contributed by atoms with Crippen molar-refractivity contribution in [2.24, 2.45) is 0 Å². The lowest BCUT2D eigenvalue weighted by atomic mass is 10.3. The number of hydrogen-bond acceptors (Lipinski definition) is 4. The Bertz CT molecular complexity index is 258. The lowest BCUT2D eigenvalue weighted by Gasteiger charge is -2.21. The molecule has 0 saturated carbocycles. The topological polar surface area (TPSA) is 102 Å². The van der Waals surface area contributed by atoms with Crippen molar-refractivity contribution in [3.63, 3.8) is 0 Å². The molecule has 0 aliphatic rings. The van der Waals surface area contributed by atoms with Gasteiger partial charge in [0, 0.05) is 19.1 Å². The fourth-order valence-corrected chi connectivity index (χ4v) is 0.999. The van der Waals surface area contributed by atoms with Gasteiger partial charge in [-0.1, -0.05) is 0 Å². The second-order valence-corrected chi connectivity index (χ2v) is 4.05. The number of urea groups is 1. The van der Waals surface area contributed by atoms with Gasteiger partial charge in [-0.25, -0.2) is 9.59 Å². The van der Waals surface area contributed by atoms with Crippen LogP contribution in [0.5, 0.6) is 0 Å². The SMILES string of the molecule is CC(C)N(C)CCNC(=O)N[C@@H](CO)C(=O)O. The maximum absolute atomic E-state index is 11.3. The molecule has 0 aliphatic heterocycles. The molecule has 0 aromatic heterocycles. The zero-order valence-corrected chi connectivity index (χ0v) is 10.4. The molecule has 7 nitrogen and oxygen atoms in total. The largest absolute Gasteiger partial charge is 0.480 e. The minimum atomic E-state index is -1.27. The summed E-state index contributed by atoms with van der Waals surface area (Å²) in [6, 6.07) is -1.48. The third-order valence-electron chi connectivity index (χ3n) is 2.42. The highest BCUT2D eigenvalue weighted by Crippen LogP contribution is 1.90. The smallest absolute Gasteiger partial charge is 0.328 e. The molecule has 0 aromatic carbocycles. The first-order chi connectivity index (χ1) is 7.88. The number of amides is 2. The highest BCUT2D eigenvalue weighted by molar-refractivity contribution is 5.82. The van der Waals surface area contributed by atoms with Crippen LogP contribution in [-0.2, 0) is 4.79 Å². The summed E-state index contributed by atoms with van der Waals surface area (Å²) < 4.78 is 0. The molecule has 0 spiro atoms. The van der Waals surface area contributed by atoms with E-state index in [0.29, 0.717) is 19.1 Å². The molecule has 0 aliphatic carbocycles. The van der Waals surface area contributed by atoms with Crippen LogP contribution in [0.15, 0.2) is 0 Å². The monoisotopic (exact) mass is 247 g/mol. The van der Waals surface area contributed by atoms with E-state index in [9.17, 15) is 9.59 Å². The average Bonchev–Trinajstić information content (AvgIpc) is 2.25. The number of nitrogens with one attached hydrogen (secondary N) is 2. The van der Waals surface area contributed by atoms with E-state index in [1.54, 1.807) is 0 Å². The molecule has 7 heteroatoms. The zero-order chi connectivity index (χ0) is 13.4. The summed E-state index contributed by atoms with van der Waals surface area (Å²) in [5.41, 5.74) is 0. The van der Waals surface area contributed by atoms with Crippen LogP contribution in [0.3, 0.4) is 0 Å². The fraction of sp³-hybridized carbons (Fsp3) is 0.800. The highest BCUT2D eigenvalue weighted by atomic mass is 16.4. The normalized spacial score (nSPS) is 12.6. The van der Waals surface area contributed by atoms with E-state index in [2.05, 4.69) is 10.6 Å². The summed E-state index contributed by atoms with van der Waals surface area (Å²) in [6.07, 6.45) is 0. The van der Waals surface area contributed by atoms with Crippen molar-refractivity contribution >= 4 is 12.0 Å². The first-order valence-corrected chi connectivity index (χ1v) is 5.46. The van der Waals surface area contributed by atoms with Crippen molar-refractivity contribution in [1.82, 2.24) is 15.5 Å². The van der Waals surface area contributed by atoms with Gasteiger partial charge in [0.25, 0.3) is 0 Å². The Kier molecular flexibility index (Phi) is 7.24. The Morgan fingerprint density at radius 2 is 1.94 bits per heavy atom. The third kappa shape index (κ3) is 6.75. The zero-order valence-electron chi connectivity index (χ0n) is 10.4. The van der Waals surface area contributed by atoms with Crippen molar-refractivity contribution in [2.45, 2.75) is 25.9 Å². The van der Waals surface area contributed by atoms with Crippen LogP contribution in [0.2, 0.25) is 0 Å². The number of nitrogens with zero attached hydrogens (tertiary/aromatic N) is 1. The minimum Gasteiger partial charge on any atom is -0.480 e. The van der Waals surface area contributed by atoms with Gasteiger partial charge in [-0.15, -0.1) is 0 Å². The van der Waals surface area contributed by atoms with Gasteiger partial charge in [-0.2, -0.15) is 0 Å². The van der Waals surface area contributed by atoms with Crippen molar-refractivity contribution in [2.75, 3.05) is 26.7 Å². The van der Waals surface area contributed by atoms with Gasteiger partial charge in [-0.3, -0.25) is 0 Å². The van der Waals surface area contributed by atoms with E-state index < -0.39 is 24.6 Å². The molecule has 0 radical (unpaired) electrons. The summed E-state index contributed by atoms with van der Waals surface area (Å²) in [4.78, 5) is 23.8. The first-order valence-electron chi connectivity index (χ1n) is 5.46. The summed E-state index contributed by atoms with van der Waals surface area (Å²) >= 11 is 0. The molecule has 2 amide bonds. The number of carboxylic acid groups (broad SMARTS) is 1. The average molecular weight is 247 g/mol. The molecule has 0 fully saturated rings. The number of carbonyl (C=O) groups is 2. The first kappa shape index (κ1) is 15.7. The maximum Gasteiger partial charge on any atom is 0.328 e. The molecule has 0 aromatic rings. The third-order valence-corrected chi connectivity index (χ3v) is 2.42. The molecule has 4 N–H and O–H groups in total. The van der Waals surface area contributed by atoms with E-state index in [4.69, 9.17) is 10.2 Å². The second-order valence-electron chi connectivity index (χ2n) is 4.05. The number of carboxylic acids is 1. The summed E-state index contributed by atoms with van der Waals surface area (Å²) in [5.74, 6) is -1.26. The molecular weight excluding hydrogens is 226 g/mol. The van der Waals surface area contributed by atoms with Crippen LogP contribution >= 0.6 is 0 Å². The molecule has 0 bridgehead atoms. The molecular formula is C10H21N3O4. The maximum atomic E-state index is 11.3. The summed E-state index contributed by atoms with van der Waals surface area (Å²) in [6.45, 7) is 4.52. The standard InChI is InChI=1S/C10H21N3O4/c1-7(2)13(3)5-4-11-10(17)12-8(6-14)9(15)16/h7-8,14H,4-6H2,1-3H3,(H,15,16)(H2,11,12,17)/t8-/m0/s1. The number of aliphatic hydroxyl groups excluding tert-OH is 1. The van der Waals surface area contributed by atoms with E-state index >= 15 is 0 Å². The fourth-order valence-electron chi connectivity index (χ4n) is 0.999. The Balaban J connectivity index is 3.83. The molecule has 17 heavy (non-hydrogen) atoms. The van der Waals surface area contributed by atoms with E-state index in [0.717, 1.165) is 0 Å². The van der Waals surface area contributed by atoms with Crippen molar-refractivity contribution in [3.05, 3.63) is 0 Å². The second kappa shape index (κ2) is 7.86. The van der Waals surface area contributed by atoms with Crippen LogP contribution in [0, 0.1) is 0 Å². The van der Waals surface area contributed by atoms with E-state index in [1.807, 2.05) is 25.8 Å². The van der Waals surface area contributed by atoms with Crippen LogP contribution in [0.4, 0.5) is 4.79 Å². The highest BCUT2D eigenvalue weighted by Gasteiger charge is 2.18. The quantitative estimate of drug-likeness (QED) is 0.465. The number of hydrogen-bond donors (Lipinski definition) is 4. The summed E-state index contributed by atoms with van der Waals surface area (Å²) in [5, 5.41) is 22.0. The van der Waals surface area contributed by atoms with Crippen LogP contribution in [0.25, 0.3) is 0 Å². The summed E-state index contributed by atoms with van der Waals surface area (Å²) in [7, 11) is 1.93. The number of rotatable bonds is 7. The van der Waals surface area contributed by atoms with Gasteiger partial charge in [0.2, 0.25) is 0 Å². The van der Waals surface area contributed by atoms with Gasteiger partial charge in [0.05, 0.1) is 6.61 Å². The predicted octanol–water partition coefficient (Wildman–Crippen LogP) is -0.929. The Morgan fingerprint density at radius 1 is 1.35 bits per heavy atom. The van der Waals surface area contributed by atoms with Gasteiger partial charge >= 0.3 is 12.0 Å². The van der Waals surface area contributed by atoms with Crippen molar-refractivity contribution in [3.8, 4) is 0 Å². The molecule has 100 valence electrons. The van der Waals surface area contributed by atoms with Crippen LogP contribution < -0.4 is 10.6 Å². The van der Waals surface area contributed by atoms with Crippen molar-refractivity contribution in [1.29, 1.82) is 0 Å². The number of aliphatic hydroxyl groups is 1. The molecule has 0 saturated heterocycles. The predicted molar refractivity (Wildman–Crippen MR) is 62.8 cm³/mol. The van der Waals surface area contributed by atoms with Gasteiger partial charge in [0.15, 0.2) is 6.04 Å². The Labute approximate surface area is 101 Å². The lowest BCUT2D eigenvalue weighted by molar-refractivity contribution is -0.140. The van der Waals surface area contributed by atoms with Gasteiger partial charge < -0.3 is 25.7 Å². The molecule has 0 heterocycles. The van der Waals surface area contributed by atoms with E-state index in [-0.39, 0.29) is 0 Å². The van der Waals surface area contributed by atoms with Crippen LogP contribution in [0.1, 0.15) is 13.8 Å². The van der Waals surface area contributed by atoms with E-state index in [1.165, 1.54) is 0 Å². The number of likely N-dealkylation sites (N-methyl/N-ethyl adjacent to an activating group) is 1. The lowest BCUT2D eigenvalue weighted by Crippen LogP contribution is -2.49. The Hall–Kier alpha value is -1.34. The molecule has 0 unspecified atom stereocenters. The van der Waals surface area contributed by atoms with Crippen LogP contribution in [-0.4, -0.2) is 65.9 Å².